The smallest absolute Gasteiger partial charge is 0.164 e. The summed E-state index contributed by atoms with van der Waals surface area (Å²) in [4.78, 5) is 2.05. The Balaban J connectivity index is 3.25. The third-order valence-corrected chi connectivity index (χ3v) is 4.64. The van der Waals surface area contributed by atoms with E-state index < -0.39 is 6.29 Å². The predicted molar refractivity (Wildman–Crippen MR) is 105 cm³/mol. The fourth-order valence-corrected chi connectivity index (χ4v) is 3.20. The quantitative estimate of drug-likeness (QED) is 0.191. The Morgan fingerprint density at radius 1 is 0.750 bits per heavy atom. The van der Waals surface area contributed by atoms with E-state index in [2.05, 4.69) is 18.4 Å². The molecule has 0 saturated heterocycles. The van der Waals surface area contributed by atoms with Gasteiger partial charge in [0.25, 0.3) is 0 Å². The molecule has 144 valence electrons. The number of nitrogens with zero attached hydrogens (tertiary/aromatic N) is 1. The molecule has 0 saturated carbocycles. The van der Waals surface area contributed by atoms with Gasteiger partial charge in [-0.25, -0.2) is 0 Å². The van der Waals surface area contributed by atoms with Crippen LogP contribution in [0.15, 0.2) is 12.7 Å². The van der Waals surface area contributed by atoms with E-state index in [1.54, 1.807) is 0 Å². The van der Waals surface area contributed by atoms with Gasteiger partial charge in [-0.05, 0) is 13.0 Å². The first kappa shape index (κ1) is 23.6. The maximum atomic E-state index is 9.04. The molecule has 3 nitrogen and oxygen atoms in total. The number of aliphatic hydroxyl groups is 2. The summed E-state index contributed by atoms with van der Waals surface area (Å²) in [5, 5.41) is 18.1. The molecule has 0 aliphatic heterocycles. The number of rotatable bonds is 19. The van der Waals surface area contributed by atoms with E-state index in [9.17, 15) is 0 Å². The van der Waals surface area contributed by atoms with Crippen LogP contribution < -0.4 is 0 Å². The second-order valence-electron chi connectivity index (χ2n) is 7.13. The predicted octanol–water partition coefficient (Wildman–Crippen LogP) is 5.27. The molecule has 0 radical (unpaired) electrons. The fourth-order valence-electron chi connectivity index (χ4n) is 3.20. The van der Waals surface area contributed by atoms with Gasteiger partial charge in [-0.2, -0.15) is 0 Å². The van der Waals surface area contributed by atoms with Crippen LogP contribution in [0.2, 0.25) is 0 Å². The molecule has 0 bridgehead atoms. The molecule has 0 aromatic heterocycles. The van der Waals surface area contributed by atoms with Gasteiger partial charge in [-0.15, -0.1) is 6.58 Å². The average Bonchev–Trinajstić information content (AvgIpc) is 2.54. The Morgan fingerprint density at radius 2 is 1.17 bits per heavy atom. The van der Waals surface area contributed by atoms with Gasteiger partial charge < -0.3 is 10.2 Å². The van der Waals surface area contributed by atoms with Crippen molar-refractivity contribution in [3.63, 3.8) is 0 Å². The van der Waals surface area contributed by atoms with Crippen LogP contribution in [0.25, 0.3) is 0 Å². The molecule has 0 aromatic carbocycles. The number of unbranched alkanes of at least 4 members (excludes halogenated alkanes) is 13. The highest BCUT2D eigenvalue weighted by Crippen LogP contribution is 2.13. The van der Waals surface area contributed by atoms with E-state index in [4.69, 9.17) is 10.2 Å². The minimum atomic E-state index is -1.24. The van der Waals surface area contributed by atoms with Gasteiger partial charge in [-0.1, -0.05) is 96.5 Å². The van der Waals surface area contributed by atoms with E-state index in [1.165, 1.54) is 83.5 Å². The van der Waals surface area contributed by atoms with Crippen LogP contribution in [-0.4, -0.2) is 41.0 Å². The second kappa shape index (κ2) is 19.0. The lowest BCUT2D eigenvalue weighted by Crippen LogP contribution is -2.33. The molecule has 0 spiro atoms. The highest BCUT2D eigenvalue weighted by Gasteiger charge is 2.06. The van der Waals surface area contributed by atoms with Crippen LogP contribution in [0.1, 0.15) is 96.8 Å². The van der Waals surface area contributed by atoms with Gasteiger partial charge in [0, 0.05) is 13.1 Å². The molecule has 0 atom stereocenters. The summed E-state index contributed by atoms with van der Waals surface area (Å²) in [6, 6.07) is 0. The summed E-state index contributed by atoms with van der Waals surface area (Å²) >= 11 is 0. The molecule has 2 N–H and O–H groups in total. The summed E-state index contributed by atoms with van der Waals surface area (Å²) in [5.74, 6) is 0. The molecular weight excluding hydrogens is 298 g/mol. The van der Waals surface area contributed by atoms with Crippen LogP contribution in [0, 0.1) is 0 Å². The van der Waals surface area contributed by atoms with E-state index >= 15 is 0 Å². The Labute approximate surface area is 151 Å². The maximum absolute atomic E-state index is 9.04. The van der Waals surface area contributed by atoms with Crippen molar-refractivity contribution in [1.29, 1.82) is 0 Å². The fraction of sp³-hybridized carbons (Fsp3) is 0.905. The zero-order valence-electron chi connectivity index (χ0n) is 16.2. The largest absolute Gasteiger partial charge is 0.367 e. The van der Waals surface area contributed by atoms with Crippen LogP contribution in [0.5, 0.6) is 0 Å². The first-order valence-electron chi connectivity index (χ1n) is 10.4. The molecular formula is C21H43NO2. The number of hydrogen-bond acceptors (Lipinski definition) is 3. The third kappa shape index (κ3) is 18.0. The lowest BCUT2D eigenvalue weighted by Gasteiger charge is -2.21. The molecule has 0 amide bonds. The summed E-state index contributed by atoms with van der Waals surface area (Å²) in [6.45, 7) is 7.98. The third-order valence-electron chi connectivity index (χ3n) is 4.64. The highest BCUT2D eigenvalue weighted by molar-refractivity contribution is 4.73. The monoisotopic (exact) mass is 341 g/mol. The van der Waals surface area contributed by atoms with Crippen molar-refractivity contribution in [3.05, 3.63) is 12.7 Å². The standard InChI is InChI=1S/C21H43NO2/c1-3-5-6-7-8-9-10-11-12-13-14-15-16-17-19-22(18-4-2)20-21(23)24/h4,21,23-24H,2-3,5-20H2,1H3. The lowest BCUT2D eigenvalue weighted by atomic mass is 10.0. The lowest BCUT2D eigenvalue weighted by molar-refractivity contribution is -0.0596. The number of aliphatic hydroxyl groups excluding tert-OH is 1. The van der Waals surface area contributed by atoms with Crippen LogP contribution in [-0.2, 0) is 0 Å². The Bertz CT molecular complexity index is 256. The van der Waals surface area contributed by atoms with Gasteiger partial charge in [0.15, 0.2) is 6.29 Å². The van der Waals surface area contributed by atoms with Crippen molar-refractivity contribution >= 4 is 0 Å². The molecule has 24 heavy (non-hydrogen) atoms. The molecule has 0 aliphatic rings. The van der Waals surface area contributed by atoms with E-state index in [1.807, 2.05) is 6.08 Å². The van der Waals surface area contributed by atoms with Gasteiger partial charge in [0.1, 0.15) is 0 Å². The normalized spacial score (nSPS) is 11.5. The van der Waals surface area contributed by atoms with Crippen LogP contribution in [0.4, 0.5) is 0 Å². The van der Waals surface area contributed by atoms with Gasteiger partial charge in [-0.3, -0.25) is 4.90 Å². The van der Waals surface area contributed by atoms with Gasteiger partial charge in [0.2, 0.25) is 0 Å². The molecule has 0 aromatic rings. The first-order valence-corrected chi connectivity index (χ1v) is 10.4. The SMILES string of the molecule is C=CCN(CCCCCCCCCCCCCCCC)CC(O)O. The Kier molecular flexibility index (Phi) is 18.7. The second-order valence-corrected chi connectivity index (χ2v) is 7.13. The van der Waals surface area contributed by atoms with Crippen molar-refractivity contribution in [1.82, 2.24) is 4.90 Å². The minimum absolute atomic E-state index is 0.324. The molecule has 0 fully saturated rings. The molecule has 3 heteroatoms. The molecule has 0 heterocycles. The van der Waals surface area contributed by atoms with Crippen LogP contribution >= 0.6 is 0 Å². The Morgan fingerprint density at radius 3 is 1.54 bits per heavy atom. The first-order chi connectivity index (χ1) is 11.7. The molecule has 0 rings (SSSR count). The summed E-state index contributed by atoms with van der Waals surface area (Å²) in [7, 11) is 0. The van der Waals surface area contributed by atoms with Crippen molar-refractivity contribution < 1.29 is 10.2 Å². The molecule has 0 unspecified atom stereocenters. The summed E-state index contributed by atoms with van der Waals surface area (Å²) in [5.41, 5.74) is 0. The average molecular weight is 342 g/mol. The maximum Gasteiger partial charge on any atom is 0.164 e. The molecule has 0 aliphatic carbocycles. The number of hydrogen-bond donors (Lipinski definition) is 2. The minimum Gasteiger partial charge on any atom is -0.367 e. The van der Waals surface area contributed by atoms with Crippen molar-refractivity contribution in [3.8, 4) is 0 Å². The van der Waals surface area contributed by atoms with Crippen molar-refractivity contribution in [2.75, 3.05) is 19.6 Å². The zero-order chi connectivity index (χ0) is 17.9. The van der Waals surface area contributed by atoms with Gasteiger partial charge in [0.05, 0.1) is 0 Å². The summed E-state index contributed by atoms with van der Waals surface area (Å²) in [6.07, 6.45) is 19.7. The summed E-state index contributed by atoms with van der Waals surface area (Å²) < 4.78 is 0. The van der Waals surface area contributed by atoms with Crippen molar-refractivity contribution in [2.24, 2.45) is 0 Å². The van der Waals surface area contributed by atoms with Gasteiger partial charge >= 0.3 is 0 Å². The van der Waals surface area contributed by atoms with E-state index in [-0.39, 0.29) is 0 Å². The van der Waals surface area contributed by atoms with Crippen molar-refractivity contribution in [2.45, 2.75) is 103 Å². The Hall–Kier alpha value is -0.380. The highest BCUT2D eigenvalue weighted by atomic mass is 16.5. The topological polar surface area (TPSA) is 43.7 Å². The van der Waals surface area contributed by atoms with E-state index in [0.29, 0.717) is 6.54 Å². The van der Waals surface area contributed by atoms with Crippen LogP contribution in [0.3, 0.4) is 0 Å². The van der Waals surface area contributed by atoms with E-state index in [0.717, 1.165) is 19.5 Å². The zero-order valence-corrected chi connectivity index (χ0v) is 16.2.